The van der Waals surface area contributed by atoms with Gasteiger partial charge >= 0.3 is 0 Å². The molecule has 0 saturated carbocycles. The Morgan fingerprint density at radius 2 is 2.00 bits per heavy atom. The molecule has 1 aromatic rings. The van der Waals surface area contributed by atoms with Crippen LogP contribution in [0.4, 0.5) is 0 Å². The number of hydrogen-bond acceptors (Lipinski definition) is 2. The lowest BCUT2D eigenvalue weighted by atomic mass is 10.0. The van der Waals surface area contributed by atoms with Gasteiger partial charge in [-0.1, -0.05) is 32.0 Å². The third kappa shape index (κ3) is 2.53. The molecule has 1 aliphatic heterocycles. The molecule has 0 bridgehead atoms. The third-order valence-corrected chi connectivity index (χ3v) is 3.14. The molecule has 0 aromatic heterocycles. The largest absolute Gasteiger partial charge is 0.336 e. The Hall–Kier alpha value is -1.84. The van der Waals surface area contributed by atoms with Gasteiger partial charge in [-0.3, -0.25) is 9.59 Å². The fourth-order valence-corrected chi connectivity index (χ4v) is 2.18. The van der Waals surface area contributed by atoms with Crippen LogP contribution in [-0.4, -0.2) is 29.4 Å². The van der Waals surface area contributed by atoms with Gasteiger partial charge in [-0.05, 0) is 18.1 Å². The van der Waals surface area contributed by atoms with Crippen molar-refractivity contribution in [3.8, 4) is 0 Å². The number of hydrogen-bond donors (Lipinski definition) is 1. The van der Waals surface area contributed by atoms with Crippen LogP contribution in [0.3, 0.4) is 0 Å². The van der Waals surface area contributed by atoms with Gasteiger partial charge in [-0.2, -0.15) is 0 Å². The average molecular weight is 246 g/mol. The zero-order valence-electron chi connectivity index (χ0n) is 10.7. The zero-order chi connectivity index (χ0) is 13.1. The monoisotopic (exact) mass is 246 g/mol. The maximum atomic E-state index is 12.4. The molecular formula is C14H18N2O2. The van der Waals surface area contributed by atoms with Gasteiger partial charge in [-0.15, -0.1) is 0 Å². The molecule has 1 aliphatic rings. The summed E-state index contributed by atoms with van der Waals surface area (Å²) < 4.78 is 0. The Morgan fingerprint density at radius 3 is 2.61 bits per heavy atom. The number of benzene rings is 1. The Bertz CT molecular complexity index is 442. The SMILES string of the molecule is CC(C)[C@H]1NC(=O)CCN1C(=O)c1ccccc1. The molecule has 4 nitrogen and oxygen atoms in total. The van der Waals surface area contributed by atoms with E-state index in [0.29, 0.717) is 18.5 Å². The molecule has 18 heavy (non-hydrogen) atoms. The van der Waals surface area contributed by atoms with E-state index in [1.54, 1.807) is 17.0 Å². The summed E-state index contributed by atoms with van der Waals surface area (Å²) >= 11 is 0. The van der Waals surface area contributed by atoms with E-state index in [-0.39, 0.29) is 23.9 Å². The number of carbonyl (C=O) groups is 2. The first-order chi connectivity index (χ1) is 8.59. The van der Waals surface area contributed by atoms with Gasteiger partial charge < -0.3 is 10.2 Å². The number of amides is 2. The Kier molecular flexibility index (Phi) is 3.65. The molecule has 0 aliphatic carbocycles. The highest BCUT2D eigenvalue weighted by molar-refractivity contribution is 5.95. The van der Waals surface area contributed by atoms with Gasteiger partial charge in [0.05, 0.1) is 0 Å². The van der Waals surface area contributed by atoms with E-state index in [9.17, 15) is 9.59 Å². The van der Waals surface area contributed by atoms with Gasteiger partial charge in [0.2, 0.25) is 5.91 Å². The summed E-state index contributed by atoms with van der Waals surface area (Å²) in [5.74, 6) is 0.196. The molecule has 1 heterocycles. The first kappa shape index (κ1) is 12.6. The zero-order valence-corrected chi connectivity index (χ0v) is 10.7. The minimum absolute atomic E-state index is 0.0192. The van der Waals surface area contributed by atoms with Crippen molar-refractivity contribution in [2.45, 2.75) is 26.4 Å². The van der Waals surface area contributed by atoms with Crippen molar-refractivity contribution in [2.75, 3.05) is 6.54 Å². The van der Waals surface area contributed by atoms with Crippen molar-refractivity contribution < 1.29 is 9.59 Å². The van der Waals surface area contributed by atoms with Crippen LogP contribution in [-0.2, 0) is 4.79 Å². The maximum absolute atomic E-state index is 12.4. The molecule has 1 fully saturated rings. The minimum Gasteiger partial charge on any atom is -0.336 e. The summed E-state index contributed by atoms with van der Waals surface area (Å²) in [6, 6.07) is 9.18. The van der Waals surface area contributed by atoms with Crippen molar-refractivity contribution >= 4 is 11.8 Å². The number of carbonyl (C=O) groups excluding carboxylic acids is 2. The molecule has 0 spiro atoms. The number of nitrogens with one attached hydrogen (secondary N) is 1. The van der Waals surface area contributed by atoms with Gasteiger partial charge in [0, 0.05) is 18.5 Å². The summed E-state index contributed by atoms with van der Waals surface area (Å²) in [6.45, 7) is 4.49. The first-order valence-electron chi connectivity index (χ1n) is 6.25. The van der Waals surface area contributed by atoms with Crippen LogP contribution < -0.4 is 5.32 Å². The predicted molar refractivity (Wildman–Crippen MR) is 68.9 cm³/mol. The highest BCUT2D eigenvalue weighted by Crippen LogP contribution is 2.16. The quantitative estimate of drug-likeness (QED) is 0.862. The summed E-state index contributed by atoms with van der Waals surface area (Å²) in [5, 5.41) is 2.88. The molecule has 2 rings (SSSR count). The van der Waals surface area contributed by atoms with Crippen LogP contribution in [0, 0.1) is 5.92 Å². The van der Waals surface area contributed by atoms with Crippen LogP contribution in [0.5, 0.6) is 0 Å². The summed E-state index contributed by atoms with van der Waals surface area (Å²) in [4.78, 5) is 25.6. The molecule has 0 unspecified atom stereocenters. The van der Waals surface area contributed by atoms with Gasteiger partial charge in [0.25, 0.3) is 5.91 Å². The van der Waals surface area contributed by atoms with Crippen molar-refractivity contribution in [1.82, 2.24) is 10.2 Å². The van der Waals surface area contributed by atoms with Crippen molar-refractivity contribution in [1.29, 1.82) is 0 Å². The van der Waals surface area contributed by atoms with E-state index in [0.717, 1.165) is 0 Å². The maximum Gasteiger partial charge on any atom is 0.255 e. The van der Waals surface area contributed by atoms with Crippen LogP contribution in [0.2, 0.25) is 0 Å². The second-order valence-electron chi connectivity index (χ2n) is 4.87. The Morgan fingerprint density at radius 1 is 1.33 bits per heavy atom. The highest BCUT2D eigenvalue weighted by atomic mass is 16.2. The molecule has 1 N–H and O–H groups in total. The normalized spacial score (nSPS) is 19.8. The molecule has 0 radical (unpaired) electrons. The Labute approximate surface area is 107 Å². The fraction of sp³-hybridized carbons (Fsp3) is 0.429. The van der Waals surface area contributed by atoms with Crippen molar-refractivity contribution in [2.24, 2.45) is 5.92 Å². The van der Waals surface area contributed by atoms with Crippen molar-refractivity contribution in [3.63, 3.8) is 0 Å². The fourth-order valence-electron chi connectivity index (χ4n) is 2.18. The lowest BCUT2D eigenvalue weighted by molar-refractivity contribution is -0.126. The average Bonchev–Trinajstić information content (AvgIpc) is 2.39. The van der Waals surface area contributed by atoms with E-state index < -0.39 is 0 Å². The predicted octanol–water partition coefficient (Wildman–Crippen LogP) is 1.63. The van der Waals surface area contributed by atoms with E-state index in [1.165, 1.54) is 0 Å². The third-order valence-electron chi connectivity index (χ3n) is 3.14. The minimum atomic E-state index is -0.209. The summed E-state index contributed by atoms with van der Waals surface area (Å²) in [6.07, 6.45) is 0.167. The molecule has 1 saturated heterocycles. The molecule has 1 aromatic carbocycles. The van der Waals surface area contributed by atoms with Gasteiger partial charge in [0.1, 0.15) is 6.17 Å². The number of rotatable bonds is 2. The molecule has 96 valence electrons. The van der Waals surface area contributed by atoms with Crippen LogP contribution >= 0.6 is 0 Å². The van der Waals surface area contributed by atoms with Gasteiger partial charge in [0.15, 0.2) is 0 Å². The molecule has 4 heteroatoms. The highest BCUT2D eigenvalue weighted by Gasteiger charge is 2.32. The van der Waals surface area contributed by atoms with Gasteiger partial charge in [-0.25, -0.2) is 0 Å². The van der Waals surface area contributed by atoms with E-state index in [1.807, 2.05) is 32.0 Å². The van der Waals surface area contributed by atoms with Crippen molar-refractivity contribution in [3.05, 3.63) is 35.9 Å². The van der Waals surface area contributed by atoms with Crippen LogP contribution in [0.1, 0.15) is 30.6 Å². The number of nitrogens with zero attached hydrogens (tertiary/aromatic N) is 1. The van der Waals surface area contributed by atoms with Crippen LogP contribution in [0.25, 0.3) is 0 Å². The molecule has 2 amide bonds. The summed E-state index contributed by atoms with van der Waals surface area (Å²) in [5.41, 5.74) is 0.666. The standard InChI is InChI=1S/C14H18N2O2/c1-10(2)13-15-12(17)8-9-16(13)14(18)11-6-4-3-5-7-11/h3-7,10,13H,8-9H2,1-2H3,(H,15,17)/t13-/m0/s1. The van der Waals surface area contributed by atoms with Crippen LogP contribution in [0.15, 0.2) is 30.3 Å². The van der Waals surface area contributed by atoms with E-state index in [4.69, 9.17) is 0 Å². The lowest BCUT2D eigenvalue weighted by Gasteiger charge is -2.38. The molecule has 1 atom stereocenters. The molecular weight excluding hydrogens is 228 g/mol. The first-order valence-corrected chi connectivity index (χ1v) is 6.25. The summed E-state index contributed by atoms with van der Waals surface area (Å²) in [7, 11) is 0. The second kappa shape index (κ2) is 5.21. The Balaban J connectivity index is 2.20. The topological polar surface area (TPSA) is 49.4 Å². The second-order valence-corrected chi connectivity index (χ2v) is 4.87. The van der Waals surface area contributed by atoms with E-state index in [2.05, 4.69) is 5.32 Å². The van der Waals surface area contributed by atoms with E-state index >= 15 is 0 Å². The smallest absolute Gasteiger partial charge is 0.255 e. The lowest BCUT2D eigenvalue weighted by Crippen LogP contribution is -2.58.